The fourth-order valence-corrected chi connectivity index (χ4v) is 6.30. The van der Waals surface area contributed by atoms with Crippen LogP contribution in [-0.4, -0.2) is 48.0 Å². The third-order valence-electron chi connectivity index (χ3n) is 7.61. The molecule has 3 aliphatic heterocycles. The Hall–Kier alpha value is -2.57. The third-order valence-corrected chi connectivity index (χ3v) is 7.61. The quantitative estimate of drug-likeness (QED) is 0.776. The van der Waals surface area contributed by atoms with Crippen LogP contribution in [0.15, 0.2) is 30.3 Å². The highest BCUT2D eigenvalue weighted by Crippen LogP contribution is 2.53. The molecule has 5 aliphatic rings. The summed E-state index contributed by atoms with van der Waals surface area (Å²) in [5.74, 6) is 0.630. The van der Waals surface area contributed by atoms with Gasteiger partial charge in [0.15, 0.2) is 0 Å². The molecule has 31 heavy (non-hydrogen) atoms. The Morgan fingerprint density at radius 2 is 2.00 bits per heavy atom. The zero-order valence-electron chi connectivity index (χ0n) is 17.8. The monoisotopic (exact) mass is 425 g/mol. The van der Waals surface area contributed by atoms with Gasteiger partial charge in [0.2, 0.25) is 11.8 Å². The fourth-order valence-electron chi connectivity index (χ4n) is 6.30. The molecule has 6 rings (SSSR count). The van der Waals surface area contributed by atoms with E-state index in [0.29, 0.717) is 25.4 Å². The number of nitrogens with one attached hydrogen (secondary N) is 2. The highest BCUT2D eigenvalue weighted by molar-refractivity contribution is 5.87. The molecule has 7 heteroatoms. The average Bonchev–Trinajstić information content (AvgIpc) is 2.94. The van der Waals surface area contributed by atoms with Gasteiger partial charge in [0.1, 0.15) is 6.61 Å². The van der Waals surface area contributed by atoms with Gasteiger partial charge in [0.05, 0.1) is 5.41 Å². The number of carbonyl (C=O) groups excluding carboxylic acids is 3. The van der Waals surface area contributed by atoms with E-state index in [1.165, 1.54) is 0 Å². The summed E-state index contributed by atoms with van der Waals surface area (Å²) >= 11 is 0. The number of hydrogen-bond acceptors (Lipinski definition) is 4. The highest BCUT2D eigenvalue weighted by atomic mass is 16.6. The molecule has 1 aromatic rings. The second kappa shape index (κ2) is 8.17. The van der Waals surface area contributed by atoms with E-state index in [-0.39, 0.29) is 42.5 Å². The van der Waals surface area contributed by atoms with E-state index < -0.39 is 5.41 Å². The van der Waals surface area contributed by atoms with Gasteiger partial charge < -0.3 is 20.3 Å². The van der Waals surface area contributed by atoms with Crippen LogP contribution in [0.1, 0.15) is 50.5 Å². The predicted octanol–water partition coefficient (Wildman–Crippen LogP) is 2.60. The lowest BCUT2D eigenvalue weighted by Crippen LogP contribution is -2.56. The minimum absolute atomic E-state index is 0.0344. The molecule has 5 atom stereocenters. The molecule has 2 N–H and O–H groups in total. The maximum atomic E-state index is 13.4. The van der Waals surface area contributed by atoms with Crippen molar-refractivity contribution in [1.29, 1.82) is 0 Å². The Bertz CT molecular complexity index is 860. The zero-order chi connectivity index (χ0) is 21.4. The largest absolute Gasteiger partial charge is 0.445 e. The number of nitrogens with zero attached hydrogens (tertiary/aromatic N) is 1. The molecule has 2 aliphatic carbocycles. The number of benzene rings is 1. The Morgan fingerprint density at radius 3 is 2.84 bits per heavy atom. The van der Waals surface area contributed by atoms with E-state index >= 15 is 0 Å². The molecular weight excluding hydrogens is 394 g/mol. The van der Waals surface area contributed by atoms with Crippen LogP contribution in [0, 0.1) is 17.3 Å². The molecule has 1 aromatic carbocycles. The number of fused-ring (bicyclic) bond motifs is 1. The van der Waals surface area contributed by atoms with Crippen LogP contribution in [0.25, 0.3) is 0 Å². The van der Waals surface area contributed by atoms with Gasteiger partial charge in [-0.3, -0.25) is 9.59 Å². The van der Waals surface area contributed by atoms with Gasteiger partial charge in [-0.15, -0.1) is 0 Å². The molecule has 3 heterocycles. The highest BCUT2D eigenvalue weighted by Gasteiger charge is 2.55. The Morgan fingerprint density at radius 1 is 1.16 bits per heavy atom. The number of likely N-dealkylation sites (tertiary alicyclic amines) is 1. The standard InChI is InChI=1S/C24H31N3O4/c28-21-18-9-17-10-20(25-21)13-24(11-17,12-18)22(29)26-19-7-4-8-27(14-19)23(30)31-15-16-5-2-1-3-6-16/h1-3,5-6,17-20H,4,7-15H2,(H,25,28)(H,26,29)/t17?,18?,19-,20?,24?/m0/s1. The van der Waals surface area contributed by atoms with Crippen molar-refractivity contribution in [3.63, 3.8) is 0 Å². The summed E-state index contributed by atoms with van der Waals surface area (Å²) in [6.45, 7) is 1.38. The molecule has 3 saturated heterocycles. The van der Waals surface area contributed by atoms with Crippen molar-refractivity contribution in [2.24, 2.45) is 17.3 Å². The topological polar surface area (TPSA) is 87.7 Å². The molecular formula is C24H31N3O4. The van der Waals surface area contributed by atoms with Gasteiger partial charge in [-0.1, -0.05) is 30.3 Å². The van der Waals surface area contributed by atoms with Gasteiger partial charge in [0, 0.05) is 31.1 Å². The first-order valence-electron chi connectivity index (χ1n) is 11.6. The number of ether oxygens (including phenoxy) is 1. The fraction of sp³-hybridized carbons (Fsp3) is 0.625. The second-order valence-corrected chi connectivity index (χ2v) is 9.93. The number of hydrogen-bond donors (Lipinski definition) is 2. The van der Waals surface area contributed by atoms with E-state index in [2.05, 4.69) is 10.6 Å². The molecule has 3 amide bonds. The normalized spacial score (nSPS) is 34.1. The summed E-state index contributed by atoms with van der Waals surface area (Å²) in [7, 11) is 0. The van der Waals surface area contributed by atoms with Crippen molar-refractivity contribution in [1.82, 2.24) is 15.5 Å². The number of carbonyl (C=O) groups is 3. The van der Waals surface area contributed by atoms with Crippen LogP contribution in [0.5, 0.6) is 0 Å². The molecule has 0 spiro atoms. The maximum absolute atomic E-state index is 13.4. The Kier molecular flexibility index (Phi) is 5.36. The van der Waals surface area contributed by atoms with E-state index in [1.54, 1.807) is 4.90 Å². The van der Waals surface area contributed by atoms with Gasteiger partial charge in [-0.2, -0.15) is 0 Å². The lowest BCUT2D eigenvalue weighted by molar-refractivity contribution is -0.139. The average molecular weight is 426 g/mol. The molecule has 0 radical (unpaired) electrons. The Balaban J connectivity index is 1.19. The van der Waals surface area contributed by atoms with Crippen molar-refractivity contribution in [3.05, 3.63) is 35.9 Å². The SMILES string of the molecule is O=C1NC2CC3CC1CC(C(=O)N[C@H]1CCCN(C(=O)OCc4ccccc4)C1)(C3)C2. The van der Waals surface area contributed by atoms with E-state index in [4.69, 9.17) is 4.74 Å². The predicted molar refractivity (Wildman–Crippen MR) is 114 cm³/mol. The van der Waals surface area contributed by atoms with Crippen LogP contribution in [-0.2, 0) is 20.9 Å². The van der Waals surface area contributed by atoms with Crippen molar-refractivity contribution < 1.29 is 19.1 Å². The lowest BCUT2D eigenvalue weighted by atomic mass is 9.58. The molecule has 7 nitrogen and oxygen atoms in total. The first-order valence-corrected chi connectivity index (χ1v) is 11.6. The minimum Gasteiger partial charge on any atom is -0.445 e. The van der Waals surface area contributed by atoms with Crippen LogP contribution < -0.4 is 10.6 Å². The molecule has 4 bridgehead atoms. The summed E-state index contributed by atoms with van der Waals surface area (Å²) in [4.78, 5) is 40.1. The van der Waals surface area contributed by atoms with Gasteiger partial charge in [-0.05, 0) is 56.4 Å². The van der Waals surface area contributed by atoms with E-state index in [0.717, 1.165) is 44.1 Å². The summed E-state index contributed by atoms with van der Waals surface area (Å²) in [5, 5.41) is 6.40. The molecule has 166 valence electrons. The smallest absolute Gasteiger partial charge is 0.410 e. The first-order chi connectivity index (χ1) is 15.0. The number of rotatable bonds is 4. The Labute approximate surface area is 182 Å². The summed E-state index contributed by atoms with van der Waals surface area (Å²) in [5.41, 5.74) is 0.518. The maximum Gasteiger partial charge on any atom is 0.410 e. The van der Waals surface area contributed by atoms with E-state index in [9.17, 15) is 14.4 Å². The number of piperidine rings is 1. The third kappa shape index (κ3) is 4.14. The summed E-state index contributed by atoms with van der Waals surface area (Å²) in [6, 6.07) is 9.70. The minimum atomic E-state index is -0.439. The lowest BCUT2D eigenvalue weighted by Gasteiger charge is -2.46. The summed E-state index contributed by atoms with van der Waals surface area (Å²) < 4.78 is 5.48. The second-order valence-electron chi connectivity index (χ2n) is 9.93. The van der Waals surface area contributed by atoms with Gasteiger partial charge >= 0.3 is 6.09 Å². The van der Waals surface area contributed by atoms with Crippen molar-refractivity contribution in [3.8, 4) is 0 Å². The molecule has 4 unspecified atom stereocenters. The van der Waals surface area contributed by atoms with E-state index in [1.807, 2.05) is 30.3 Å². The zero-order valence-corrected chi connectivity index (χ0v) is 17.8. The molecule has 5 fully saturated rings. The molecule has 2 saturated carbocycles. The molecule has 0 aromatic heterocycles. The summed E-state index contributed by atoms with van der Waals surface area (Å²) in [6.07, 6.45) is 5.58. The number of amides is 3. The van der Waals surface area contributed by atoms with Crippen LogP contribution in [0.2, 0.25) is 0 Å². The van der Waals surface area contributed by atoms with Crippen LogP contribution in [0.3, 0.4) is 0 Å². The van der Waals surface area contributed by atoms with Crippen molar-refractivity contribution in [2.45, 2.75) is 63.6 Å². The van der Waals surface area contributed by atoms with Crippen molar-refractivity contribution >= 4 is 17.9 Å². The van der Waals surface area contributed by atoms with Crippen LogP contribution >= 0.6 is 0 Å². The van der Waals surface area contributed by atoms with Crippen LogP contribution in [0.4, 0.5) is 4.79 Å². The van der Waals surface area contributed by atoms with Gasteiger partial charge in [0.25, 0.3) is 0 Å². The van der Waals surface area contributed by atoms with Crippen molar-refractivity contribution in [2.75, 3.05) is 13.1 Å². The van der Waals surface area contributed by atoms with Gasteiger partial charge in [-0.25, -0.2) is 4.79 Å². The first kappa shape index (κ1) is 20.3.